The van der Waals surface area contributed by atoms with Crippen molar-refractivity contribution >= 4 is 43.6 Å². The van der Waals surface area contributed by atoms with Crippen LogP contribution >= 0.6 is 0 Å². The highest BCUT2D eigenvalue weighted by atomic mass is 15.2. The van der Waals surface area contributed by atoms with Crippen molar-refractivity contribution in [2.45, 2.75) is 0 Å². The minimum atomic E-state index is -0.435. The highest BCUT2D eigenvalue weighted by molar-refractivity contribution is 6.26. The van der Waals surface area contributed by atoms with E-state index in [9.17, 15) is 0 Å². The Hall–Kier alpha value is -6.85. The summed E-state index contributed by atoms with van der Waals surface area (Å²) < 4.78 is 47.4. The maximum Gasteiger partial charge on any atom is 0.238 e. The molecule has 5 nitrogen and oxygen atoms in total. The second-order valence-electron chi connectivity index (χ2n) is 12.1. The summed E-state index contributed by atoms with van der Waals surface area (Å²) in [5, 5.41) is 3.52. The van der Waals surface area contributed by atoms with Crippen LogP contribution in [-0.4, -0.2) is 24.1 Å². The highest BCUT2D eigenvalue weighted by Crippen LogP contribution is 2.41. The van der Waals surface area contributed by atoms with Gasteiger partial charge in [0.25, 0.3) is 0 Å². The van der Waals surface area contributed by atoms with Crippen LogP contribution in [0, 0.1) is 0 Å². The van der Waals surface area contributed by atoms with E-state index in [0.29, 0.717) is 17.6 Å². The van der Waals surface area contributed by atoms with Crippen LogP contribution in [0.25, 0.3) is 89.2 Å². The Morgan fingerprint density at radius 3 is 1.78 bits per heavy atom. The molecule has 0 bridgehead atoms. The molecule has 50 heavy (non-hydrogen) atoms. The van der Waals surface area contributed by atoms with Gasteiger partial charge in [-0.1, -0.05) is 139 Å². The normalized spacial score (nSPS) is 13.0. The molecule has 10 aromatic rings. The lowest BCUT2D eigenvalue weighted by Gasteiger charge is -2.12. The second-order valence-corrected chi connectivity index (χ2v) is 12.1. The molecular weight excluding hydrogens is 611 g/mol. The lowest BCUT2D eigenvalue weighted by molar-refractivity contribution is 0.953. The average Bonchev–Trinajstić information content (AvgIpc) is 3.76. The predicted octanol–water partition coefficient (Wildman–Crippen LogP) is 11.1. The van der Waals surface area contributed by atoms with E-state index in [2.05, 4.69) is 30.3 Å². The van der Waals surface area contributed by atoms with E-state index in [1.54, 1.807) is 0 Å². The molecule has 0 aliphatic heterocycles. The van der Waals surface area contributed by atoms with Gasteiger partial charge in [-0.2, -0.15) is 9.97 Å². The zero-order chi connectivity index (χ0) is 37.4. The number of hydrogen-bond acceptors (Lipinski definition) is 3. The van der Waals surface area contributed by atoms with E-state index in [0.717, 1.165) is 65.9 Å². The average molecular weight is 645 g/mol. The molecular formula is C45H29N5. The third-order valence-corrected chi connectivity index (χ3v) is 9.26. The number of benzene rings is 7. The van der Waals surface area contributed by atoms with Gasteiger partial charge in [-0.3, -0.25) is 4.57 Å². The van der Waals surface area contributed by atoms with Crippen molar-refractivity contribution in [2.75, 3.05) is 0 Å². The molecule has 3 aromatic heterocycles. The van der Waals surface area contributed by atoms with Crippen molar-refractivity contribution in [3.8, 4) is 45.5 Å². The Balaban J connectivity index is 1.32. The van der Waals surface area contributed by atoms with Gasteiger partial charge >= 0.3 is 0 Å². The Kier molecular flexibility index (Phi) is 5.35. The van der Waals surface area contributed by atoms with Crippen LogP contribution in [0.1, 0.15) is 6.85 Å². The summed E-state index contributed by atoms with van der Waals surface area (Å²) in [5.74, 6) is 1.46. The van der Waals surface area contributed by atoms with Crippen molar-refractivity contribution in [3.63, 3.8) is 0 Å². The SMILES string of the molecule is [2H]c1c([2H])c([2H])c(-n2c3ccccc3c3ccc4c(c5ccccc5n4-c4nc(-c5ccccc5)nc(-c5cccc(-c6ccccc6)c5)n4)c32)c([2H])c1[2H]. The van der Waals surface area contributed by atoms with Crippen LogP contribution in [0.2, 0.25) is 0 Å². The standard InChI is InChI=1S/C45H29N5/c1-4-15-30(16-5-1)32-19-14-20-33(29-32)44-46-43(31-17-6-2-7-18-31)47-45(48-44)50-39-26-13-11-24-37(39)41-40(50)28-27-36-35-23-10-12-25-38(35)49(42(36)41)34-21-8-3-9-22-34/h1-29H/i3D,8D,9D,21D,22D. The first-order valence-electron chi connectivity index (χ1n) is 18.9. The van der Waals surface area contributed by atoms with Crippen LogP contribution in [0.4, 0.5) is 0 Å². The van der Waals surface area contributed by atoms with Crippen LogP contribution in [0.5, 0.6) is 0 Å². The molecule has 0 aliphatic carbocycles. The zero-order valence-electron chi connectivity index (χ0n) is 31.6. The fraction of sp³-hybridized carbons (Fsp3) is 0. The fourth-order valence-electron chi connectivity index (χ4n) is 7.09. The number of nitrogens with zero attached hydrogens (tertiary/aromatic N) is 5. The molecule has 0 aliphatic rings. The van der Waals surface area contributed by atoms with Gasteiger partial charge in [0.15, 0.2) is 11.6 Å². The molecule has 10 rings (SSSR count). The number of aromatic nitrogens is 5. The van der Waals surface area contributed by atoms with Gasteiger partial charge in [-0.25, -0.2) is 4.98 Å². The summed E-state index contributed by atoms with van der Waals surface area (Å²) in [4.78, 5) is 15.3. The predicted molar refractivity (Wildman–Crippen MR) is 205 cm³/mol. The first-order valence-corrected chi connectivity index (χ1v) is 16.4. The molecule has 0 spiro atoms. The largest absolute Gasteiger partial charge is 0.309 e. The third-order valence-electron chi connectivity index (χ3n) is 9.26. The number of fused-ring (bicyclic) bond motifs is 7. The minimum absolute atomic E-state index is 0.0913. The van der Waals surface area contributed by atoms with Gasteiger partial charge in [0.05, 0.1) is 28.9 Å². The topological polar surface area (TPSA) is 48.5 Å². The summed E-state index contributed by atoms with van der Waals surface area (Å²) in [6, 6.07) is 46.4. The van der Waals surface area contributed by atoms with Crippen molar-refractivity contribution < 1.29 is 6.85 Å². The van der Waals surface area contributed by atoms with Gasteiger partial charge < -0.3 is 4.57 Å². The molecule has 0 saturated heterocycles. The molecule has 7 aromatic carbocycles. The van der Waals surface area contributed by atoms with Crippen molar-refractivity contribution in [2.24, 2.45) is 0 Å². The fourth-order valence-corrected chi connectivity index (χ4v) is 7.09. The molecule has 0 saturated carbocycles. The highest BCUT2D eigenvalue weighted by Gasteiger charge is 2.22. The Morgan fingerprint density at radius 1 is 0.420 bits per heavy atom. The second kappa shape index (κ2) is 11.4. The maximum atomic E-state index is 9.03. The number of hydrogen-bond donors (Lipinski definition) is 0. The first kappa shape index (κ1) is 23.5. The minimum Gasteiger partial charge on any atom is -0.309 e. The molecule has 3 heterocycles. The van der Waals surface area contributed by atoms with E-state index in [1.165, 1.54) is 0 Å². The molecule has 0 fully saturated rings. The van der Waals surface area contributed by atoms with Gasteiger partial charge in [0.1, 0.15) is 0 Å². The molecule has 0 unspecified atom stereocenters. The Bertz CT molecular complexity index is 3130. The lowest BCUT2D eigenvalue weighted by Crippen LogP contribution is -2.06. The van der Waals surface area contributed by atoms with Crippen LogP contribution in [0.3, 0.4) is 0 Å². The Morgan fingerprint density at radius 2 is 1.02 bits per heavy atom. The molecule has 5 heteroatoms. The van der Waals surface area contributed by atoms with Gasteiger partial charge in [0, 0.05) is 38.4 Å². The number of rotatable bonds is 5. The van der Waals surface area contributed by atoms with E-state index in [-0.39, 0.29) is 29.9 Å². The Labute approximate surface area is 295 Å². The molecule has 0 N–H and O–H groups in total. The van der Waals surface area contributed by atoms with Crippen LogP contribution in [-0.2, 0) is 0 Å². The van der Waals surface area contributed by atoms with Gasteiger partial charge in [-0.15, -0.1) is 0 Å². The quantitative estimate of drug-likeness (QED) is 0.187. The van der Waals surface area contributed by atoms with E-state index in [1.807, 2.05) is 124 Å². The summed E-state index contributed by atoms with van der Waals surface area (Å²) >= 11 is 0. The summed E-state index contributed by atoms with van der Waals surface area (Å²) in [6.07, 6.45) is 0. The van der Waals surface area contributed by atoms with Crippen LogP contribution in [0.15, 0.2) is 176 Å². The van der Waals surface area contributed by atoms with Crippen molar-refractivity contribution in [1.82, 2.24) is 24.1 Å². The molecule has 0 radical (unpaired) electrons. The van der Waals surface area contributed by atoms with E-state index >= 15 is 0 Å². The van der Waals surface area contributed by atoms with Gasteiger partial charge in [-0.05, 0) is 47.5 Å². The van der Waals surface area contributed by atoms with Crippen molar-refractivity contribution in [1.29, 1.82) is 0 Å². The third kappa shape index (κ3) is 4.45. The lowest BCUT2D eigenvalue weighted by atomic mass is 10.0. The molecule has 234 valence electrons. The summed E-state index contributed by atoms with van der Waals surface area (Å²) in [5.41, 5.74) is 6.99. The zero-order valence-corrected chi connectivity index (χ0v) is 26.6. The first-order chi connectivity index (χ1) is 26.9. The van der Waals surface area contributed by atoms with E-state index < -0.39 is 6.04 Å². The molecule has 0 amide bonds. The van der Waals surface area contributed by atoms with Gasteiger partial charge in [0.2, 0.25) is 5.95 Å². The molecule has 0 atom stereocenters. The summed E-state index contributed by atoms with van der Waals surface area (Å²) in [7, 11) is 0. The van der Waals surface area contributed by atoms with Crippen LogP contribution < -0.4 is 0 Å². The maximum absolute atomic E-state index is 9.03. The monoisotopic (exact) mass is 644 g/mol. The van der Waals surface area contributed by atoms with E-state index in [4.69, 9.17) is 21.8 Å². The smallest absolute Gasteiger partial charge is 0.238 e. The van der Waals surface area contributed by atoms with Crippen molar-refractivity contribution in [3.05, 3.63) is 176 Å². The summed E-state index contributed by atoms with van der Waals surface area (Å²) in [6.45, 7) is 0. The number of para-hydroxylation sites is 3.